The lowest BCUT2D eigenvalue weighted by molar-refractivity contribution is -0.156. The molecule has 2 saturated heterocycles. The molecule has 0 unspecified atom stereocenters. The largest absolute Gasteiger partial charge is 0.369 e. The number of benzene rings is 1. The Morgan fingerprint density at radius 1 is 1.14 bits per heavy atom. The zero-order chi connectivity index (χ0) is 21.0. The molecule has 5 nitrogen and oxygen atoms in total. The zero-order valence-corrected chi connectivity index (χ0v) is 18.4. The van der Waals surface area contributed by atoms with Gasteiger partial charge in [-0.3, -0.25) is 9.59 Å². The molecule has 158 valence electrons. The van der Waals surface area contributed by atoms with Gasteiger partial charge >= 0.3 is 0 Å². The van der Waals surface area contributed by atoms with E-state index in [9.17, 15) is 9.59 Å². The number of rotatable bonds is 4. The third-order valence-electron chi connectivity index (χ3n) is 7.87. The quantitative estimate of drug-likeness (QED) is 0.781. The van der Waals surface area contributed by atoms with Crippen molar-refractivity contribution in [1.82, 2.24) is 9.80 Å². The maximum atomic E-state index is 13.7. The molecule has 1 aromatic carbocycles. The molecule has 1 aromatic rings. The molecule has 29 heavy (non-hydrogen) atoms. The lowest BCUT2D eigenvalue weighted by Gasteiger charge is -2.52. The van der Waals surface area contributed by atoms with Gasteiger partial charge in [-0.05, 0) is 51.5 Å². The number of carbonyl (C=O) groups excluding carboxylic acids is 2. The molecule has 1 aliphatic carbocycles. The number of piperidine rings is 1. The second-order valence-corrected chi connectivity index (χ2v) is 9.85. The molecule has 0 N–H and O–H groups in total. The fourth-order valence-electron chi connectivity index (χ4n) is 6.32. The molecule has 5 heteroatoms. The minimum atomic E-state index is -0.862. The summed E-state index contributed by atoms with van der Waals surface area (Å²) < 4.78 is 5.59. The molecule has 3 aliphatic rings. The molecule has 4 rings (SSSR count). The van der Waals surface area contributed by atoms with Gasteiger partial charge in [-0.25, -0.2) is 0 Å². The Kier molecular flexibility index (Phi) is 5.01. The number of amides is 2. The molecule has 5 atom stereocenters. The summed E-state index contributed by atoms with van der Waals surface area (Å²) in [5.74, 6) is 0.190. The first kappa shape index (κ1) is 20.4. The van der Waals surface area contributed by atoms with Gasteiger partial charge in [0.25, 0.3) is 5.91 Å². The Bertz CT molecular complexity index is 793. The molecular weight excluding hydrogens is 364 g/mol. The highest BCUT2D eigenvalue weighted by molar-refractivity contribution is 5.86. The second-order valence-electron chi connectivity index (χ2n) is 9.85. The Labute approximate surface area is 174 Å². The number of nitrogens with zero attached hydrogens (tertiary/aromatic N) is 2. The van der Waals surface area contributed by atoms with Gasteiger partial charge in [-0.15, -0.1) is 0 Å². The molecule has 0 spiro atoms. The van der Waals surface area contributed by atoms with E-state index < -0.39 is 5.60 Å². The van der Waals surface area contributed by atoms with E-state index in [1.54, 1.807) is 14.0 Å². The molecule has 0 aromatic heterocycles. The van der Waals surface area contributed by atoms with Crippen LogP contribution in [-0.4, -0.2) is 58.5 Å². The van der Waals surface area contributed by atoms with Crippen LogP contribution in [0.2, 0.25) is 0 Å². The van der Waals surface area contributed by atoms with Crippen LogP contribution >= 0.6 is 0 Å². The fraction of sp³-hybridized carbons (Fsp3) is 0.667. The standard InChI is InChI=1S/C24H34N2O3/c1-16(27)25-18(14-17-10-7-6-8-11-17)19-15-24(4)20(25)12-9-13-21(24)26(19)22(28)23(2,3)29-5/h6-8,10-11,18-21H,9,12-15H2,1-5H3/t18-,19+,20-,21+,24-/m1/s1. The van der Waals surface area contributed by atoms with Crippen LogP contribution in [0.4, 0.5) is 0 Å². The number of ether oxygens (including phenoxy) is 1. The minimum Gasteiger partial charge on any atom is -0.369 e. The lowest BCUT2D eigenvalue weighted by atomic mass is 9.64. The van der Waals surface area contributed by atoms with Crippen LogP contribution in [0.25, 0.3) is 0 Å². The minimum absolute atomic E-state index is 0.00711. The van der Waals surface area contributed by atoms with Crippen molar-refractivity contribution in [3.63, 3.8) is 0 Å². The molecular formula is C24H34N2O3. The average molecular weight is 399 g/mol. The predicted octanol–water partition coefficient (Wildman–Crippen LogP) is 3.41. The lowest BCUT2D eigenvalue weighted by Crippen LogP contribution is -2.62. The number of carbonyl (C=O) groups is 2. The van der Waals surface area contributed by atoms with Gasteiger partial charge in [0.15, 0.2) is 0 Å². The Balaban J connectivity index is 1.79. The number of hydrogen-bond acceptors (Lipinski definition) is 3. The van der Waals surface area contributed by atoms with Crippen LogP contribution in [0, 0.1) is 5.41 Å². The van der Waals surface area contributed by atoms with Crippen LogP contribution in [-0.2, 0) is 20.7 Å². The predicted molar refractivity (Wildman–Crippen MR) is 112 cm³/mol. The Morgan fingerprint density at radius 3 is 2.34 bits per heavy atom. The van der Waals surface area contributed by atoms with Crippen molar-refractivity contribution >= 4 is 11.8 Å². The van der Waals surface area contributed by atoms with E-state index in [1.807, 2.05) is 32.0 Å². The summed E-state index contributed by atoms with van der Waals surface area (Å²) in [6.45, 7) is 7.71. The SMILES string of the molecule is COC(C)(C)C(=O)N1[C@H]2CCC[C@H]3N(C(C)=O)[C@H](Cc4ccccc4)[C@@H]1C[C@@]23C. The first-order chi connectivity index (χ1) is 13.7. The van der Waals surface area contributed by atoms with Crippen molar-refractivity contribution < 1.29 is 14.3 Å². The third kappa shape index (κ3) is 3.09. The first-order valence-corrected chi connectivity index (χ1v) is 10.9. The van der Waals surface area contributed by atoms with E-state index in [-0.39, 0.29) is 41.4 Å². The van der Waals surface area contributed by atoms with Crippen LogP contribution in [0.15, 0.2) is 30.3 Å². The van der Waals surface area contributed by atoms with Crippen LogP contribution in [0.5, 0.6) is 0 Å². The van der Waals surface area contributed by atoms with Gasteiger partial charge in [0, 0.05) is 31.5 Å². The van der Waals surface area contributed by atoms with E-state index in [0.29, 0.717) is 0 Å². The molecule has 2 aliphatic heterocycles. The summed E-state index contributed by atoms with van der Waals surface area (Å²) in [5, 5.41) is 0. The van der Waals surface area contributed by atoms with E-state index in [1.165, 1.54) is 5.56 Å². The molecule has 2 heterocycles. The number of hydrogen-bond donors (Lipinski definition) is 0. The van der Waals surface area contributed by atoms with Crippen molar-refractivity contribution in [2.45, 2.75) is 89.6 Å². The summed E-state index contributed by atoms with van der Waals surface area (Å²) in [4.78, 5) is 30.8. The van der Waals surface area contributed by atoms with Gasteiger partial charge in [0.2, 0.25) is 5.91 Å². The Hall–Kier alpha value is -1.88. The average Bonchev–Trinajstić information content (AvgIpc) is 3.00. The summed E-state index contributed by atoms with van der Waals surface area (Å²) in [6.07, 6.45) is 4.84. The maximum absolute atomic E-state index is 13.7. The Morgan fingerprint density at radius 2 is 1.76 bits per heavy atom. The third-order valence-corrected chi connectivity index (χ3v) is 7.87. The highest BCUT2D eigenvalue weighted by atomic mass is 16.5. The maximum Gasteiger partial charge on any atom is 0.254 e. The molecule has 3 fully saturated rings. The number of likely N-dealkylation sites (tertiary alicyclic amines) is 2. The summed E-state index contributed by atoms with van der Waals surface area (Å²) >= 11 is 0. The molecule has 2 bridgehead atoms. The topological polar surface area (TPSA) is 49.9 Å². The van der Waals surface area contributed by atoms with Crippen molar-refractivity contribution in [3.05, 3.63) is 35.9 Å². The fourth-order valence-corrected chi connectivity index (χ4v) is 6.32. The zero-order valence-electron chi connectivity index (χ0n) is 18.4. The number of fused-ring (bicyclic) bond motifs is 1. The van der Waals surface area contributed by atoms with Crippen LogP contribution in [0.1, 0.15) is 58.9 Å². The highest BCUT2D eigenvalue weighted by Crippen LogP contribution is 2.57. The van der Waals surface area contributed by atoms with Gasteiger partial charge < -0.3 is 14.5 Å². The van der Waals surface area contributed by atoms with E-state index in [4.69, 9.17) is 4.74 Å². The van der Waals surface area contributed by atoms with Crippen molar-refractivity contribution in [1.29, 1.82) is 0 Å². The van der Waals surface area contributed by atoms with E-state index >= 15 is 0 Å². The van der Waals surface area contributed by atoms with E-state index in [0.717, 1.165) is 32.1 Å². The normalized spacial score (nSPS) is 33.7. The van der Waals surface area contributed by atoms with Gasteiger partial charge in [0.1, 0.15) is 5.60 Å². The van der Waals surface area contributed by atoms with Crippen LogP contribution < -0.4 is 0 Å². The van der Waals surface area contributed by atoms with Gasteiger partial charge in [0.05, 0.1) is 12.1 Å². The second kappa shape index (κ2) is 7.12. The highest BCUT2D eigenvalue weighted by Gasteiger charge is 2.65. The van der Waals surface area contributed by atoms with Crippen molar-refractivity contribution in [2.24, 2.45) is 5.41 Å². The van der Waals surface area contributed by atoms with Gasteiger partial charge in [-0.1, -0.05) is 37.3 Å². The molecule has 1 saturated carbocycles. The first-order valence-electron chi connectivity index (χ1n) is 10.9. The summed E-state index contributed by atoms with van der Waals surface area (Å²) in [5.41, 5.74) is 0.313. The summed E-state index contributed by atoms with van der Waals surface area (Å²) in [7, 11) is 1.61. The number of methoxy groups -OCH3 is 1. The summed E-state index contributed by atoms with van der Waals surface area (Å²) in [6, 6.07) is 10.8. The van der Waals surface area contributed by atoms with Crippen molar-refractivity contribution in [3.8, 4) is 0 Å². The molecule has 0 radical (unpaired) electrons. The smallest absolute Gasteiger partial charge is 0.254 e. The van der Waals surface area contributed by atoms with E-state index in [2.05, 4.69) is 28.9 Å². The monoisotopic (exact) mass is 398 g/mol. The van der Waals surface area contributed by atoms with Crippen molar-refractivity contribution in [2.75, 3.05) is 7.11 Å². The van der Waals surface area contributed by atoms with Gasteiger partial charge in [-0.2, -0.15) is 0 Å². The molecule has 2 amide bonds. The van der Waals surface area contributed by atoms with Crippen LogP contribution in [0.3, 0.4) is 0 Å².